The molecular weight excluding hydrogens is 1110 g/mol. The highest BCUT2D eigenvalue weighted by molar-refractivity contribution is 6.31. The molecule has 436 valence electrons. The lowest BCUT2D eigenvalue weighted by Gasteiger charge is -2.36. The Hall–Kier alpha value is -8.57. The first kappa shape index (κ1) is 59.1. The summed E-state index contributed by atoms with van der Waals surface area (Å²) in [5.74, 6) is 0.242. The maximum absolute atomic E-state index is 13.6. The summed E-state index contributed by atoms with van der Waals surface area (Å²) in [5, 5.41) is 28.4. The van der Waals surface area contributed by atoms with Crippen molar-refractivity contribution in [3.05, 3.63) is 135 Å². The van der Waals surface area contributed by atoms with Gasteiger partial charge in [0.05, 0.1) is 57.1 Å². The molecule has 3 saturated heterocycles. The normalized spacial score (nSPS) is 18.9. The Morgan fingerprint density at radius 1 is 0.554 bits per heavy atom. The van der Waals surface area contributed by atoms with Crippen molar-refractivity contribution >= 4 is 57.2 Å². The summed E-state index contributed by atoms with van der Waals surface area (Å²) in [5.41, 5.74) is 14.3. The molecule has 0 saturated carbocycles. The monoisotopic (exact) mass is 1160 g/mol. The second kappa shape index (κ2) is 24.5. The fourth-order valence-electron chi connectivity index (χ4n) is 9.71. The molecule has 0 radical (unpaired) electrons. The standard InChI is InChI=1S/C18H19FN6O3.C18H21FN6O.C11H5ClFN5O2.C7H15NO/c1-18(2)7-12(5-6-28-18)22-17-14(25(26)27)9-21-16(23-17)13-8-20-15-4-3-11(19)10-24(13)15;1-18(2)7-12(5-6-26-18)23-16-13(20)8-22-17(24-16)14-9-21-15-4-3-11(19)10-25(14)15;12-10-7(18(19)20)3-15-11(16-10)8-4-14-9-2-1-6(13)5-17(8)9;1-7(2)5-6(8)3-4-9-7/h3-4,8-10,12H,5-7H2,1-2H3,(H,21,22,23);3-4,8-10,12H,5-7,20H2,1-2H3,(H,22,23,24);1-5H;6H,3-5,8H2,1-2H3. The average Bonchev–Trinajstić information content (AvgIpc) is 4.30. The van der Waals surface area contributed by atoms with Gasteiger partial charge in [0, 0.05) is 56.5 Å². The Morgan fingerprint density at radius 2 is 0.940 bits per heavy atom. The summed E-state index contributed by atoms with van der Waals surface area (Å²) in [7, 11) is 0. The highest BCUT2D eigenvalue weighted by atomic mass is 35.5. The first-order valence-electron chi connectivity index (χ1n) is 26.3. The maximum Gasteiger partial charge on any atom is 0.329 e. The lowest BCUT2D eigenvalue weighted by molar-refractivity contribution is -0.385. The van der Waals surface area contributed by atoms with E-state index in [9.17, 15) is 33.4 Å². The first-order chi connectivity index (χ1) is 39.4. The van der Waals surface area contributed by atoms with Gasteiger partial charge in [-0.25, -0.2) is 58.0 Å². The van der Waals surface area contributed by atoms with Crippen LogP contribution in [0.3, 0.4) is 0 Å². The third kappa shape index (κ3) is 14.6. The van der Waals surface area contributed by atoms with Crippen molar-refractivity contribution in [2.24, 2.45) is 5.73 Å². The molecule has 29 heteroatoms. The van der Waals surface area contributed by atoms with Crippen LogP contribution in [0.4, 0.5) is 41.9 Å². The molecule has 0 amide bonds. The number of imidazole rings is 3. The van der Waals surface area contributed by atoms with Crippen LogP contribution in [0.15, 0.2) is 92.2 Å². The largest absolute Gasteiger partial charge is 0.394 e. The number of nitrogens with two attached hydrogens (primary N) is 2. The number of nitrogen functional groups attached to an aromatic ring is 1. The minimum absolute atomic E-state index is 0.0233. The zero-order valence-electron chi connectivity index (χ0n) is 46.0. The highest BCUT2D eigenvalue weighted by Crippen LogP contribution is 2.33. The molecule has 3 fully saturated rings. The molecule has 3 aliphatic rings. The van der Waals surface area contributed by atoms with Crippen molar-refractivity contribution in [1.29, 1.82) is 0 Å². The number of fused-ring (bicyclic) bond motifs is 3. The molecule has 0 bridgehead atoms. The van der Waals surface area contributed by atoms with E-state index in [1.165, 1.54) is 70.1 Å². The van der Waals surface area contributed by atoms with Crippen molar-refractivity contribution in [3.63, 3.8) is 0 Å². The van der Waals surface area contributed by atoms with E-state index in [2.05, 4.69) is 83.2 Å². The van der Waals surface area contributed by atoms with E-state index >= 15 is 0 Å². The number of halogens is 4. The molecule has 0 aliphatic carbocycles. The number of nitrogens with one attached hydrogen (secondary N) is 2. The van der Waals surface area contributed by atoms with E-state index in [1.807, 2.05) is 13.8 Å². The molecule has 3 aliphatic heterocycles. The number of anilines is 3. The summed E-state index contributed by atoms with van der Waals surface area (Å²) in [4.78, 5) is 58.5. The molecule has 9 aromatic rings. The summed E-state index contributed by atoms with van der Waals surface area (Å²) in [6.07, 6.45) is 17.3. The van der Waals surface area contributed by atoms with Gasteiger partial charge in [0.2, 0.25) is 11.0 Å². The van der Waals surface area contributed by atoms with Crippen LogP contribution in [0, 0.1) is 37.7 Å². The summed E-state index contributed by atoms with van der Waals surface area (Å²) >= 11 is 5.73. The van der Waals surface area contributed by atoms with Gasteiger partial charge in [-0.3, -0.25) is 33.4 Å². The molecule has 12 heterocycles. The number of rotatable bonds is 9. The minimum Gasteiger partial charge on any atom is -0.394 e. The number of ether oxygens (including phenoxy) is 3. The second-order valence-electron chi connectivity index (χ2n) is 21.7. The van der Waals surface area contributed by atoms with Crippen LogP contribution in [0.5, 0.6) is 0 Å². The van der Waals surface area contributed by atoms with Crippen LogP contribution in [-0.2, 0) is 14.2 Å². The summed E-state index contributed by atoms with van der Waals surface area (Å²) < 4.78 is 62.0. The van der Waals surface area contributed by atoms with Gasteiger partial charge in [0.1, 0.15) is 63.9 Å². The molecule has 6 N–H and O–H groups in total. The third-order valence-corrected chi connectivity index (χ3v) is 13.9. The van der Waals surface area contributed by atoms with E-state index in [4.69, 9.17) is 37.3 Å². The maximum atomic E-state index is 13.6. The van der Waals surface area contributed by atoms with Crippen LogP contribution in [-0.4, -0.2) is 123 Å². The van der Waals surface area contributed by atoms with Crippen LogP contribution in [0.2, 0.25) is 5.15 Å². The first-order valence-corrected chi connectivity index (χ1v) is 26.7. The van der Waals surface area contributed by atoms with Crippen molar-refractivity contribution in [1.82, 2.24) is 58.1 Å². The van der Waals surface area contributed by atoms with E-state index < -0.39 is 27.2 Å². The number of hydrogen-bond donors (Lipinski definition) is 4. The van der Waals surface area contributed by atoms with Crippen LogP contribution < -0.4 is 22.1 Å². The van der Waals surface area contributed by atoms with Gasteiger partial charge in [-0.15, -0.1) is 0 Å². The molecule has 3 unspecified atom stereocenters. The van der Waals surface area contributed by atoms with Gasteiger partial charge in [0.25, 0.3) is 0 Å². The fourth-order valence-corrected chi connectivity index (χ4v) is 9.90. The van der Waals surface area contributed by atoms with Crippen molar-refractivity contribution < 1.29 is 37.2 Å². The van der Waals surface area contributed by atoms with Gasteiger partial charge >= 0.3 is 11.4 Å². The highest BCUT2D eigenvalue weighted by Gasteiger charge is 2.32. The van der Waals surface area contributed by atoms with Crippen molar-refractivity contribution in [3.8, 4) is 34.6 Å². The fraction of sp³-hybridized carbons (Fsp3) is 0.389. The van der Waals surface area contributed by atoms with E-state index in [-0.39, 0.29) is 63.0 Å². The molecule has 12 rings (SSSR count). The molecule has 9 aromatic heterocycles. The van der Waals surface area contributed by atoms with Crippen molar-refractivity contribution in [2.45, 2.75) is 115 Å². The molecule has 83 heavy (non-hydrogen) atoms. The Morgan fingerprint density at radius 3 is 1.34 bits per heavy atom. The number of nitro groups is 2. The van der Waals surface area contributed by atoms with Gasteiger partial charge in [-0.05, 0) is 116 Å². The second-order valence-corrected chi connectivity index (χ2v) is 22.1. The lowest BCUT2D eigenvalue weighted by atomic mass is 9.94. The Bertz CT molecular complexity index is 3820. The minimum atomic E-state index is -0.680. The van der Waals surface area contributed by atoms with E-state index in [0.717, 1.165) is 44.7 Å². The quantitative estimate of drug-likeness (QED) is 0.0593. The van der Waals surface area contributed by atoms with Gasteiger partial charge < -0.3 is 36.3 Å². The van der Waals surface area contributed by atoms with Gasteiger partial charge in [-0.1, -0.05) is 11.6 Å². The number of nitrogens with zero attached hydrogens (tertiary/aromatic N) is 14. The molecule has 0 aromatic carbocycles. The average molecular weight is 1170 g/mol. The number of hydrogen-bond acceptors (Lipinski definition) is 20. The Balaban J connectivity index is 0.000000140. The Kier molecular flexibility index (Phi) is 17.4. The van der Waals surface area contributed by atoms with Gasteiger partial charge in [0.15, 0.2) is 23.3 Å². The molecule has 25 nitrogen and oxygen atoms in total. The predicted molar refractivity (Wildman–Crippen MR) is 302 cm³/mol. The smallest absolute Gasteiger partial charge is 0.329 e. The predicted octanol–water partition coefficient (Wildman–Crippen LogP) is 9.48. The van der Waals surface area contributed by atoms with Gasteiger partial charge in [-0.2, -0.15) is 0 Å². The zero-order chi connectivity index (χ0) is 59.4. The topological polar surface area (TPSA) is 319 Å². The lowest BCUT2D eigenvalue weighted by Crippen LogP contribution is -2.40. The van der Waals surface area contributed by atoms with Crippen LogP contribution in [0.1, 0.15) is 80.1 Å². The molecular formula is C54H60ClF3N18O7. The summed E-state index contributed by atoms with van der Waals surface area (Å²) in [6, 6.07) is 9.13. The van der Waals surface area contributed by atoms with Crippen LogP contribution >= 0.6 is 11.6 Å². The number of pyridine rings is 3. The molecule has 0 spiro atoms. The third-order valence-electron chi connectivity index (χ3n) is 13.6. The SMILES string of the molecule is CC1(C)CC(N)CCO1.CC1(C)CC(Nc2nc(-c3cnc4ccc(F)cn34)ncc2N)CCO1.CC1(C)CC(Nc2nc(-c3cnc4ccc(F)cn34)ncc2[N+](=O)[O-])CCO1.O=[N+]([O-])c1cnc(-c2cnc3ccc(F)cn23)nc1Cl. The van der Waals surface area contributed by atoms with Crippen molar-refractivity contribution in [2.75, 3.05) is 36.2 Å². The Labute approximate surface area is 477 Å². The van der Waals surface area contributed by atoms with Crippen LogP contribution in [0.25, 0.3) is 51.5 Å². The van der Waals surface area contributed by atoms with E-state index in [1.54, 1.807) is 22.9 Å². The zero-order valence-corrected chi connectivity index (χ0v) is 46.8. The summed E-state index contributed by atoms with van der Waals surface area (Å²) in [6.45, 7) is 14.4. The number of aromatic nitrogens is 12. The van der Waals surface area contributed by atoms with E-state index in [0.29, 0.717) is 83.5 Å². The molecule has 3 atom stereocenters.